The first-order valence-corrected chi connectivity index (χ1v) is 7.60. The van der Waals surface area contributed by atoms with Crippen molar-refractivity contribution in [2.45, 2.75) is 0 Å². The fourth-order valence-corrected chi connectivity index (χ4v) is 2.88. The summed E-state index contributed by atoms with van der Waals surface area (Å²) < 4.78 is 0. The summed E-state index contributed by atoms with van der Waals surface area (Å²) in [4.78, 5) is 28.7. The molecular formula is C13H17N3O3S. The largest absolute Gasteiger partial charge is 0.478 e. The van der Waals surface area contributed by atoms with E-state index in [2.05, 4.69) is 15.2 Å². The Bertz CT molecular complexity index is 472. The predicted molar refractivity (Wildman–Crippen MR) is 77.3 cm³/mol. The second kappa shape index (κ2) is 7.25. The lowest BCUT2D eigenvalue weighted by Crippen LogP contribution is -2.39. The Morgan fingerprint density at radius 3 is 2.70 bits per heavy atom. The summed E-state index contributed by atoms with van der Waals surface area (Å²) in [5.41, 5.74) is 0.316. The molecule has 1 aliphatic heterocycles. The Labute approximate surface area is 121 Å². The van der Waals surface area contributed by atoms with Gasteiger partial charge in [-0.05, 0) is 12.1 Å². The van der Waals surface area contributed by atoms with Crippen molar-refractivity contribution in [1.29, 1.82) is 0 Å². The van der Waals surface area contributed by atoms with Gasteiger partial charge in [0, 0.05) is 43.9 Å². The predicted octanol–water partition coefficient (Wildman–Crippen LogP) is 0.558. The van der Waals surface area contributed by atoms with E-state index >= 15 is 0 Å². The van der Waals surface area contributed by atoms with E-state index in [-0.39, 0.29) is 17.2 Å². The van der Waals surface area contributed by atoms with Crippen LogP contribution in [0.15, 0.2) is 18.3 Å². The average Bonchev–Trinajstić information content (AvgIpc) is 2.48. The van der Waals surface area contributed by atoms with Crippen molar-refractivity contribution in [2.75, 3.05) is 37.7 Å². The van der Waals surface area contributed by atoms with E-state index in [1.807, 2.05) is 11.8 Å². The van der Waals surface area contributed by atoms with Crippen molar-refractivity contribution >= 4 is 23.6 Å². The molecule has 6 nitrogen and oxygen atoms in total. The van der Waals surface area contributed by atoms with Gasteiger partial charge in [0.1, 0.15) is 5.69 Å². The van der Waals surface area contributed by atoms with Gasteiger partial charge in [-0.2, -0.15) is 11.8 Å². The number of aromatic carboxylic acids is 1. The molecule has 0 aliphatic carbocycles. The van der Waals surface area contributed by atoms with Crippen LogP contribution in [-0.4, -0.2) is 64.6 Å². The van der Waals surface area contributed by atoms with E-state index in [1.54, 1.807) is 0 Å². The summed E-state index contributed by atoms with van der Waals surface area (Å²) in [5, 5.41) is 11.5. The van der Waals surface area contributed by atoms with E-state index < -0.39 is 5.97 Å². The lowest BCUT2D eigenvalue weighted by atomic mass is 10.2. The van der Waals surface area contributed by atoms with Crippen LogP contribution < -0.4 is 5.32 Å². The second-order valence-corrected chi connectivity index (χ2v) is 5.67. The Morgan fingerprint density at radius 1 is 1.35 bits per heavy atom. The van der Waals surface area contributed by atoms with Crippen molar-refractivity contribution in [2.24, 2.45) is 0 Å². The first-order valence-electron chi connectivity index (χ1n) is 6.44. The number of carbonyl (C=O) groups excluding carboxylic acids is 1. The number of carboxylic acids is 1. The molecule has 2 N–H and O–H groups in total. The van der Waals surface area contributed by atoms with Gasteiger partial charge in [-0.15, -0.1) is 0 Å². The maximum Gasteiger partial charge on any atom is 0.337 e. The zero-order valence-corrected chi connectivity index (χ0v) is 11.9. The number of thioether (sulfide) groups is 1. The number of rotatable bonds is 5. The lowest BCUT2D eigenvalue weighted by molar-refractivity contribution is 0.0695. The van der Waals surface area contributed by atoms with Crippen LogP contribution in [0.4, 0.5) is 0 Å². The van der Waals surface area contributed by atoms with Crippen LogP contribution >= 0.6 is 11.8 Å². The van der Waals surface area contributed by atoms with Gasteiger partial charge in [-0.25, -0.2) is 4.79 Å². The molecular weight excluding hydrogens is 278 g/mol. The first kappa shape index (κ1) is 14.8. The van der Waals surface area contributed by atoms with Crippen LogP contribution in [0.2, 0.25) is 0 Å². The number of nitrogens with one attached hydrogen (secondary N) is 1. The quantitative estimate of drug-likeness (QED) is 0.826. The highest BCUT2D eigenvalue weighted by atomic mass is 32.2. The Morgan fingerprint density at radius 2 is 2.10 bits per heavy atom. The number of pyridine rings is 1. The van der Waals surface area contributed by atoms with Crippen molar-refractivity contribution in [3.8, 4) is 0 Å². The van der Waals surface area contributed by atoms with Crippen LogP contribution in [-0.2, 0) is 0 Å². The summed E-state index contributed by atoms with van der Waals surface area (Å²) in [6, 6.07) is 2.81. The third kappa shape index (κ3) is 4.21. The van der Waals surface area contributed by atoms with Gasteiger partial charge >= 0.3 is 5.97 Å². The number of hydrogen-bond donors (Lipinski definition) is 2. The molecule has 1 saturated heterocycles. The molecule has 0 bridgehead atoms. The fourth-order valence-electron chi connectivity index (χ4n) is 1.90. The molecule has 0 spiro atoms. The van der Waals surface area contributed by atoms with E-state index in [0.717, 1.165) is 31.1 Å². The van der Waals surface area contributed by atoms with Gasteiger partial charge in [-0.3, -0.25) is 14.7 Å². The topological polar surface area (TPSA) is 82.5 Å². The molecule has 20 heavy (non-hydrogen) atoms. The normalized spacial score (nSPS) is 15.8. The number of carbonyl (C=O) groups is 2. The lowest BCUT2D eigenvalue weighted by Gasteiger charge is -2.25. The molecule has 0 unspecified atom stereocenters. The smallest absolute Gasteiger partial charge is 0.337 e. The van der Waals surface area contributed by atoms with Crippen molar-refractivity contribution in [3.05, 3.63) is 29.6 Å². The van der Waals surface area contributed by atoms with Crippen molar-refractivity contribution < 1.29 is 14.7 Å². The summed E-state index contributed by atoms with van der Waals surface area (Å²) in [7, 11) is 0. The average molecular weight is 295 g/mol. The van der Waals surface area contributed by atoms with Crippen LogP contribution in [0.25, 0.3) is 0 Å². The highest BCUT2D eigenvalue weighted by Crippen LogP contribution is 2.08. The number of carboxylic acid groups (broad SMARTS) is 1. The van der Waals surface area contributed by atoms with E-state index in [9.17, 15) is 9.59 Å². The fraction of sp³-hybridized carbons (Fsp3) is 0.462. The molecule has 1 aliphatic rings. The Hall–Kier alpha value is -1.60. The van der Waals surface area contributed by atoms with Gasteiger partial charge < -0.3 is 10.4 Å². The number of nitrogens with zero attached hydrogens (tertiary/aromatic N) is 2. The summed E-state index contributed by atoms with van der Waals surface area (Å²) >= 11 is 1.95. The first-order chi connectivity index (χ1) is 9.66. The molecule has 1 fully saturated rings. The maximum atomic E-state index is 11.8. The van der Waals surface area contributed by atoms with Gasteiger partial charge in [0.15, 0.2) is 0 Å². The number of aromatic nitrogens is 1. The van der Waals surface area contributed by atoms with Gasteiger partial charge in [-0.1, -0.05) is 0 Å². The zero-order chi connectivity index (χ0) is 14.4. The Kier molecular flexibility index (Phi) is 5.37. The molecule has 0 radical (unpaired) electrons. The van der Waals surface area contributed by atoms with Gasteiger partial charge in [0.25, 0.3) is 5.91 Å². The highest BCUT2D eigenvalue weighted by Gasteiger charge is 2.12. The molecule has 1 aromatic rings. The third-order valence-corrected chi connectivity index (χ3v) is 4.00. The van der Waals surface area contributed by atoms with Crippen LogP contribution in [0.3, 0.4) is 0 Å². The molecule has 1 amide bonds. The van der Waals surface area contributed by atoms with Crippen molar-refractivity contribution in [1.82, 2.24) is 15.2 Å². The van der Waals surface area contributed by atoms with E-state index in [1.165, 1.54) is 18.3 Å². The van der Waals surface area contributed by atoms with Crippen LogP contribution in [0.5, 0.6) is 0 Å². The van der Waals surface area contributed by atoms with E-state index in [4.69, 9.17) is 5.11 Å². The molecule has 0 aromatic carbocycles. The van der Waals surface area contributed by atoms with Crippen molar-refractivity contribution in [3.63, 3.8) is 0 Å². The highest BCUT2D eigenvalue weighted by molar-refractivity contribution is 7.99. The van der Waals surface area contributed by atoms with E-state index in [0.29, 0.717) is 6.54 Å². The Balaban J connectivity index is 1.77. The standard InChI is InChI=1S/C13H17N3O3S/c17-12(11-2-1-10(9-15-11)13(18)19)14-3-4-16-5-7-20-8-6-16/h1-2,9H,3-8H2,(H,14,17)(H,18,19). The number of hydrogen-bond acceptors (Lipinski definition) is 5. The number of amides is 1. The minimum Gasteiger partial charge on any atom is -0.478 e. The molecule has 108 valence electrons. The third-order valence-electron chi connectivity index (χ3n) is 3.06. The minimum atomic E-state index is -1.05. The SMILES string of the molecule is O=C(O)c1ccc(C(=O)NCCN2CCSCC2)nc1. The van der Waals surface area contributed by atoms with Crippen LogP contribution in [0.1, 0.15) is 20.8 Å². The van der Waals surface area contributed by atoms with Crippen LogP contribution in [0, 0.1) is 0 Å². The summed E-state index contributed by atoms with van der Waals surface area (Å²) in [5.74, 6) is 0.971. The molecule has 2 heterocycles. The zero-order valence-electron chi connectivity index (χ0n) is 11.0. The molecule has 0 atom stereocenters. The van der Waals surface area contributed by atoms with Gasteiger partial charge in [0.2, 0.25) is 0 Å². The summed E-state index contributed by atoms with van der Waals surface area (Å²) in [6.07, 6.45) is 1.19. The monoisotopic (exact) mass is 295 g/mol. The second-order valence-electron chi connectivity index (χ2n) is 4.45. The molecule has 0 saturated carbocycles. The van der Waals surface area contributed by atoms with Gasteiger partial charge in [0.05, 0.1) is 5.56 Å². The molecule has 1 aromatic heterocycles. The molecule has 2 rings (SSSR count). The maximum absolute atomic E-state index is 11.8. The molecule has 7 heteroatoms. The summed E-state index contributed by atoms with van der Waals surface area (Å²) in [6.45, 7) is 3.53. The minimum absolute atomic E-state index is 0.0763.